The molecule has 4 N–H and O–H groups in total. The largest absolute Gasteiger partial charge is 0.368 e. The van der Waals surface area contributed by atoms with Crippen molar-refractivity contribution in [3.63, 3.8) is 0 Å². The molecule has 1 aliphatic rings. The van der Waals surface area contributed by atoms with Gasteiger partial charge in [-0.25, -0.2) is 0 Å². The van der Waals surface area contributed by atoms with Crippen LogP contribution in [0, 0.1) is 5.92 Å². The van der Waals surface area contributed by atoms with Gasteiger partial charge in [-0.05, 0) is 18.8 Å². The number of nitrogens with zero attached hydrogens (tertiary/aromatic N) is 1. The number of amides is 2. The SMILES string of the molecule is CC(C)C(N)C(=O)N(CC(N)=O)C1CCCC1. The zero-order chi connectivity index (χ0) is 13.0. The molecule has 0 heterocycles. The van der Waals surface area contributed by atoms with Gasteiger partial charge in [0.05, 0.1) is 12.6 Å². The molecule has 17 heavy (non-hydrogen) atoms. The molecule has 0 aromatic carbocycles. The van der Waals surface area contributed by atoms with Crippen LogP contribution >= 0.6 is 0 Å². The average molecular weight is 241 g/mol. The van der Waals surface area contributed by atoms with E-state index in [1.165, 1.54) is 0 Å². The average Bonchev–Trinajstić information content (AvgIpc) is 2.76. The normalized spacial score (nSPS) is 18.4. The fourth-order valence-electron chi connectivity index (χ4n) is 2.25. The third-order valence-corrected chi connectivity index (χ3v) is 3.38. The minimum Gasteiger partial charge on any atom is -0.368 e. The molecule has 1 aliphatic carbocycles. The molecule has 0 aromatic heterocycles. The van der Waals surface area contributed by atoms with Crippen LogP contribution in [0.15, 0.2) is 0 Å². The highest BCUT2D eigenvalue weighted by Gasteiger charge is 2.31. The highest BCUT2D eigenvalue weighted by atomic mass is 16.2. The number of nitrogens with two attached hydrogens (primary N) is 2. The Morgan fingerprint density at radius 3 is 2.24 bits per heavy atom. The van der Waals surface area contributed by atoms with Crippen LogP contribution in [0.1, 0.15) is 39.5 Å². The molecule has 2 amide bonds. The first-order valence-corrected chi connectivity index (χ1v) is 6.28. The first-order valence-electron chi connectivity index (χ1n) is 6.28. The summed E-state index contributed by atoms with van der Waals surface area (Å²) in [6.45, 7) is 3.79. The molecular weight excluding hydrogens is 218 g/mol. The number of carbonyl (C=O) groups is 2. The Hall–Kier alpha value is -1.10. The predicted molar refractivity (Wildman–Crippen MR) is 66.0 cm³/mol. The summed E-state index contributed by atoms with van der Waals surface area (Å²) >= 11 is 0. The van der Waals surface area contributed by atoms with Gasteiger partial charge in [0, 0.05) is 6.04 Å². The summed E-state index contributed by atoms with van der Waals surface area (Å²) in [5, 5.41) is 0. The van der Waals surface area contributed by atoms with Crippen LogP contribution in [-0.2, 0) is 9.59 Å². The van der Waals surface area contributed by atoms with Crippen LogP contribution in [0.3, 0.4) is 0 Å². The topological polar surface area (TPSA) is 89.4 Å². The van der Waals surface area contributed by atoms with Crippen molar-refractivity contribution < 1.29 is 9.59 Å². The Kier molecular flexibility index (Phi) is 4.93. The number of hydrogen-bond acceptors (Lipinski definition) is 3. The lowest BCUT2D eigenvalue weighted by atomic mass is 10.0. The van der Waals surface area contributed by atoms with Gasteiger partial charge in [0.2, 0.25) is 11.8 Å². The molecule has 5 nitrogen and oxygen atoms in total. The maximum absolute atomic E-state index is 12.2. The summed E-state index contributed by atoms with van der Waals surface area (Å²) in [5.74, 6) is -0.550. The Labute approximate surface area is 103 Å². The van der Waals surface area contributed by atoms with Crippen molar-refractivity contribution in [3.05, 3.63) is 0 Å². The van der Waals surface area contributed by atoms with Crippen molar-refractivity contribution in [1.29, 1.82) is 0 Å². The Balaban J connectivity index is 2.74. The van der Waals surface area contributed by atoms with E-state index in [9.17, 15) is 9.59 Å². The molecular formula is C12H23N3O2. The summed E-state index contributed by atoms with van der Waals surface area (Å²) in [5.41, 5.74) is 11.1. The van der Waals surface area contributed by atoms with Crippen molar-refractivity contribution in [1.82, 2.24) is 4.90 Å². The Bertz CT molecular complexity index is 285. The summed E-state index contributed by atoms with van der Waals surface area (Å²) in [7, 11) is 0. The molecule has 0 spiro atoms. The Morgan fingerprint density at radius 2 is 1.82 bits per heavy atom. The van der Waals surface area contributed by atoms with E-state index in [2.05, 4.69) is 0 Å². The third-order valence-electron chi connectivity index (χ3n) is 3.38. The zero-order valence-corrected chi connectivity index (χ0v) is 10.7. The second-order valence-electron chi connectivity index (χ2n) is 5.14. The second-order valence-corrected chi connectivity index (χ2v) is 5.14. The van der Waals surface area contributed by atoms with Gasteiger partial charge in [0.1, 0.15) is 0 Å². The van der Waals surface area contributed by atoms with Crippen LogP contribution in [0.2, 0.25) is 0 Å². The lowest BCUT2D eigenvalue weighted by molar-refractivity contribution is -0.139. The van der Waals surface area contributed by atoms with Crippen molar-refractivity contribution in [2.24, 2.45) is 17.4 Å². The van der Waals surface area contributed by atoms with Gasteiger partial charge in [-0.2, -0.15) is 0 Å². The summed E-state index contributed by atoms with van der Waals surface area (Å²) in [6, 6.07) is -0.408. The summed E-state index contributed by atoms with van der Waals surface area (Å²) in [6.07, 6.45) is 4.10. The van der Waals surface area contributed by atoms with Crippen LogP contribution in [0.25, 0.3) is 0 Å². The quantitative estimate of drug-likeness (QED) is 0.722. The highest BCUT2D eigenvalue weighted by Crippen LogP contribution is 2.24. The second kappa shape index (κ2) is 6.00. The van der Waals surface area contributed by atoms with Gasteiger partial charge in [-0.15, -0.1) is 0 Å². The maximum Gasteiger partial charge on any atom is 0.240 e. The van der Waals surface area contributed by atoms with Gasteiger partial charge in [-0.1, -0.05) is 26.7 Å². The van der Waals surface area contributed by atoms with Gasteiger partial charge in [-0.3, -0.25) is 9.59 Å². The van der Waals surface area contributed by atoms with E-state index in [1.54, 1.807) is 4.90 Å². The molecule has 0 saturated heterocycles. The molecule has 5 heteroatoms. The van der Waals surface area contributed by atoms with Crippen molar-refractivity contribution >= 4 is 11.8 Å². The van der Waals surface area contributed by atoms with Crippen molar-refractivity contribution in [2.75, 3.05) is 6.54 Å². The molecule has 0 bridgehead atoms. The fourth-order valence-corrected chi connectivity index (χ4v) is 2.25. The van der Waals surface area contributed by atoms with E-state index in [1.807, 2.05) is 13.8 Å². The first kappa shape index (κ1) is 14.0. The molecule has 1 unspecified atom stereocenters. The van der Waals surface area contributed by atoms with E-state index in [-0.39, 0.29) is 24.4 Å². The zero-order valence-electron chi connectivity index (χ0n) is 10.7. The van der Waals surface area contributed by atoms with Crippen LogP contribution in [0.4, 0.5) is 0 Å². The molecule has 1 atom stereocenters. The van der Waals surface area contributed by atoms with E-state index in [0.717, 1.165) is 25.7 Å². The number of hydrogen-bond donors (Lipinski definition) is 2. The molecule has 1 saturated carbocycles. The number of primary amides is 1. The Morgan fingerprint density at radius 1 is 1.29 bits per heavy atom. The van der Waals surface area contributed by atoms with Gasteiger partial charge in [0.15, 0.2) is 0 Å². The minimum absolute atomic E-state index is 0.0100. The van der Waals surface area contributed by atoms with Gasteiger partial charge >= 0.3 is 0 Å². The van der Waals surface area contributed by atoms with Crippen LogP contribution in [0.5, 0.6) is 0 Å². The van der Waals surface area contributed by atoms with Crippen LogP contribution < -0.4 is 11.5 Å². The van der Waals surface area contributed by atoms with E-state index < -0.39 is 11.9 Å². The molecule has 0 radical (unpaired) electrons. The number of carbonyl (C=O) groups excluding carboxylic acids is 2. The molecule has 1 rings (SSSR count). The predicted octanol–water partition coefficient (Wildman–Crippen LogP) is 0.226. The molecule has 98 valence electrons. The molecule has 0 aliphatic heterocycles. The van der Waals surface area contributed by atoms with E-state index >= 15 is 0 Å². The lowest BCUT2D eigenvalue weighted by Crippen LogP contribution is -2.52. The lowest BCUT2D eigenvalue weighted by Gasteiger charge is -2.31. The minimum atomic E-state index is -0.546. The monoisotopic (exact) mass is 241 g/mol. The third kappa shape index (κ3) is 3.70. The van der Waals surface area contributed by atoms with Crippen molar-refractivity contribution in [3.8, 4) is 0 Å². The van der Waals surface area contributed by atoms with Gasteiger partial charge < -0.3 is 16.4 Å². The van der Waals surface area contributed by atoms with Crippen LogP contribution in [-0.4, -0.2) is 35.3 Å². The number of rotatable bonds is 5. The smallest absolute Gasteiger partial charge is 0.240 e. The van der Waals surface area contributed by atoms with E-state index in [4.69, 9.17) is 11.5 Å². The standard InChI is InChI=1S/C12H23N3O2/c1-8(2)11(14)12(17)15(7-10(13)16)9-5-3-4-6-9/h8-9,11H,3-7,14H2,1-2H3,(H2,13,16). The fraction of sp³-hybridized carbons (Fsp3) is 0.833. The highest BCUT2D eigenvalue weighted by molar-refractivity contribution is 5.87. The van der Waals surface area contributed by atoms with Crippen molar-refractivity contribution in [2.45, 2.75) is 51.6 Å². The molecule has 1 fully saturated rings. The summed E-state index contributed by atoms with van der Waals surface area (Å²) in [4.78, 5) is 24.8. The maximum atomic E-state index is 12.2. The molecule has 0 aromatic rings. The first-order chi connectivity index (χ1) is 7.93. The van der Waals surface area contributed by atoms with E-state index in [0.29, 0.717) is 0 Å². The summed E-state index contributed by atoms with van der Waals surface area (Å²) < 4.78 is 0. The van der Waals surface area contributed by atoms with Gasteiger partial charge in [0.25, 0.3) is 0 Å².